The van der Waals surface area contributed by atoms with Crippen molar-refractivity contribution >= 4 is 17.7 Å². The van der Waals surface area contributed by atoms with Gasteiger partial charge in [0.05, 0.1) is 23.2 Å². The molecule has 22 heavy (non-hydrogen) atoms. The van der Waals surface area contributed by atoms with E-state index in [4.69, 9.17) is 4.74 Å². The van der Waals surface area contributed by atoms with Crippen LogP contribution in [0.2, 0.25) is 0 Å². The van der Waals surface area contributed by atoms with Gasteiger partial charge in [0.1, 0.15) is 0 Å². The van der Waals surface area contributed by atoms with Crippen molar-refractivity contribution in [3.63, 3.8) is 0 Å². The van der Waals surface area contributed by atoms with Gasteiger partial charge in [0, 0.05) is 25.0 Å². The van der Waals surface area contributed by atoms with Gasteiger partial charge in [-0.15, -0.1) is 11.8 Å². The SMILES string of the molecule is O=C(N1CC2(C[C@@H](OCc3ccccn3)CS2)C1)C1(F)CC1. The highest BCUT2D eigenvalue weighted by atomic mass is 32.2. The number of amides is 1. The first-order valence-corrected chi connectivity index (χ1v) is 8.71. The van der Waals surface area contributed by atoms with Crippen LogP contribution in [-0.4, -0.2) is 51.2 Å². The zero-order chi connectivity index (χ0) is 15.2. The van der Waals surface area contributed by atoms with Gasteiger partial charge in [0.15, 0.2) is 5.67 Å². The molecule has 1 spiro atoms. The predicted octanol–water partition coefficient (Wildman–Crippen LogP) is 2.19. The number of hydrogen-bond acceptors (Lipinski definition) is 4. The summed E-state index contributed by atoms with van der Waals surface area (Å²) in [5.74, 6) is 0.645. The third-order valence-electron chi connectivity index (χ3n) is 4.69. The number of likely N-dealkylation sites (tertiary alicyclic amines) is 1. The molecule has 6 heteroatoms. The van der Waals surface area contributed by atoms with Crippen molar-refractivity contribution in [1.82, 2.24) is 9.88 Å². The van der Waals surface area contributed by atoms with Gasteiger partial charge in [0.2, 0.25) is 0 Å². The van der Waals surface area contributed by atoms with Crippen LogP contribution in [0.1, 0.15) is 25.0 Å². The molecule has 1 aliphatic carbocycles. The zero-order valence-electron chi connectivity index (χ0n) is 12.3. The Morgan fingerprint density at radius 2 is 2.27 bits per heavy atom. The number of thioether (sulfide) groups is 1. The second-order valence-electron chi connectivity index (χ2n) is 6.58. The normalized spacial score (nSPS) is 27.7. The van der Waals surface area contributed by atoms with Gasteiger partial charge in [0.25, 0.3) is 5.91 Å². The van der Waals surface area contributed by atoms with Crippen LogP contribution in [0.5, 0.6) is 0 Å². The molecule has 1 atom stereocenters. The Labute approximate surface area is 133 Å². The summed E-state index contributed by atoms with van der Waals surface area (Å²) in [5.41, 5.74) is -0.591. The molecule has 0 radical (unpaired) electrons. The van der Waals surface area contributed by atoms with E-state index in [2.05, 4.69) is 4.98 Å². The lowest BCUT2D eigenvalue weighted by atomic mass is 9.92. The molecule has 1 aromatic heterocycles. The van der Waals surface area contributed by atoms with Crippen LogP contribution >= 0.6 is 11.8 Å². The molecular formula is C16H19FN2O2S. The lowest BCUT2D eigenvalue weighted by Gasteiger charge is -2.48. The van der Waals surface area contributed by atoms with Gasteiger partial charge >= 0.3 is 0 Å². The van der Waals surface area contributed by atoms with Crippen molar-refractivity contribution in [2.45, 2.75) is 42.4 Å². The fourth-order valence-electron chi connectivity index (χ4n) is 3.22. The molecule has 2 aliphatic heterocycles. The Hall–Kier alpha value is -1.14. The minimum Gasteiger partial charge on any atom is -0.371 e. The predicted molar refractivity (Wildman–Crippen MR) is 82.3 cm³/mol. The van der Waals surface area contributed by atoms with E-state index in [1.165, 1.54) is 0 Å². The van der Waals surface area contributed by atoms with Crippen molar-refractivity contribution in [3.8, 4) is 0 Å². The van der Waals surface area contributed by atoms with E-state index < -0.39 is 5.67 Å². The highest BCUT2D eigenvalue weighted by Crippen LogP contribution is 2.49. The van der Waals surface area contributed by atoms with Crippen LogP contribution in [-0.2, 0) is 16.1 Å². The Morgan fingerprint density at radius 1 is 1.45 bits per heavy atom. The quantitative estimate of drug-likeness (QED) is 0.852. The van der Waals surface area contributed by atoms with E-state index >= 15 is 0 Å². The van der Waals surface area contributed by atoms with E-state index in [0.29, 0.717) is 32.5 Å². The van der Waals surface area contributed by atoms with Crippen LogP contribution in [0.3, 0.4) is 0 Å². The summed E-state index contributed by atoms with van der Waals surface area (Å²) in [7, 11) is 0. The second-order valence-corrected chi connectivity index (χ2v) is 8.07. The number of aromatic nitrogens is 1. The summed E-state index contributed by atoms with van der Waals surface area (Å²) >= 11 is 1.87. The molecule has 0 N–H and O–H groups in total. The smallest absolute Gasteiger partial charge is 0.260 e. The summed E-state index contributed by atoms with van der Waals surface area (Å²) in [4.78, 5) is 17.9. The molecule has 3 fully saturated rings. The number of hydrogen-bond donors (Lipinski definition) is 0. The van der Waals surface area contributed by atoms with Crippen LogP contribution in [0.4, 0.5) is 4.39 Å². The standard InChI is InChI=1S/C16H19FN2O2S/c17-16(4-5-16)14(20)19-10-15(11-19)7-13(9-22-15)21-8-12-3-1-2-6-18-12/h1-3,6,13H,4-5,7-11H2/t13-/m1/s1. The molecule has 3 aliphatic rings. The van der Waals surface area contributed by atoms with Gasteiger partial charge in [-0.2, -0.15) is 0 Å². The van der Waals surface area contributed by atoms with E-state index in [0.717, 1.165) is 17.9 Å². The van der Waals surface area contributed by atoms with Gasteiger partial charge in [-0.05, 0) is 31.4 Å². The van der Waals surface area contributed by atoms with E-state index in [1.807, 2.05) is 30.0 Å². The van der Waals surface area contributed by atoms with E-state index in [-0.39, 0.29) is 16.8 Å². The molecule has 3 heterocycles. The molecule has 118 valence electrons. The van der Waals surface area contributed by atoms with Gasteiger partial charge < -0.3 is 9.64 Å². The maximum Gasteiger partial charge on any atom is 0.260 e. The molecule has 1 amide bonds. The zero-order valence-corrected chi connectivity index (χ0v) is 13.2. The summed E-state index contributed by atoms with van der Waals surface area (Å²) < 4.78 is 19.8. The fraction of sp³-hybridized carbons (Fsp3) is 0.625. The van der Waals surface area contributed by atoms with Crippen molar-refractivity contribution in [3.05, 3.63) is 30.1 Å². The molecule has 2 saturated heterocycles. The Morgan fingerprint density at radius 3 is 2.95 bits per heavy atom. The average molecular weight is 322 g/mol. The Kier molecular flexibility index (Phi) is 3.42. The van der Waals surface area contributed by atoms with Crippen LogP contribution in [0, 0.1) is 0 Å². The summed E-state index contributed by atoms with van der Waals surface area (Å²) in [5, 5.41) is 0. The highest BCUT2D eigenvalue weighted by molar-refractivity contribution is 8.01. The Balaban J connectivity index is 1.26. The second kappa shape index (κ2) is 5.20. The van der Waals surface area contributed by atoms with Crippen molar-refractivity contribution in [1.29, 1.82) is 0 Å². The number of nitrogens with zero attached hydrogens (tertiary/aromatic N) is 2. The number of rotatable bonds is 4. The lowest BCUT2D eigenvalue weighted by Crippen LogP contribution is -2.62. The van der Waals surface area contributed by atoms with E-state index in [1.54, 1.807) is 11.1 Å². The molecule has 4 rings (SSSR count). The number of halogens is 1. The molecule has 0 bridgehead atoms. The first-order valence-electron chi connectivity index (χ1n) is 7.72. The number of carbonyl (C=O) groups is 1. The minimum absolute atomic E-state index is 0.0929. The third-order valence-corrected chi connectivity index (χ3v) is 6.26. The largest absolute Gasteiger partial charge is 0.371 e. The average Bonchev–Trinajstić information content (AvgIpc) is 3.11. The van der Waals surface area contributed by atoms with E-state index in [9.17, 15) is 9.18 Å². The van der Waals surface area contributed by atoms with Crippen LogP contribution in [0.25, 0.3) is 0 Å². The van der Waals surface area contributed by atoms with Gasteiger partial charge in [-0.1, -0.05) is 6.07 Å². The number of pyridine rings is 1. The monoisotopic (exact) mass is 322 g/mol. The first kappa shape index (κ1) is 14.5. The summed E-state index contributed by atoms with van der Waals surface area (Å²) in [6.07, 6.45) is 3.71. The number of alkyl halides is 1. The van der Waals surface area contributed by atoms with Crippen molar-refractivity contribution in [2.75, 3.05) is 18.8 Å². The first-order chi connectivity index (χ1) is 10.6. The molecule has 0 aromatic carbocycles. The number of ether oxygens (including phenoxy) is 1. The Bertz CT molecular complexity index is 573. The summed E-state index contributed by atoms with van der Waals surface area (Å²) in [6.45, 7) is 1.87. The fourth-order valence-corrected chi connectivity index (χ4v) is 4.77. The maximum atomic E-state index is 13.8. The highest BCUT2D eigenvalue weighted by Gasteiger charge is 2.58. The van der Waals surface area contributed by atoms with Crippen molar-refractivity contribution < 1.29 is 13.9 Å². The number of carbonyl (C=O) groups excluding carboxylic acids is 1. The van der Waals surface area contributed by atoms with Gasteiger partial charge in [-0.3, -0.25) is 9.78 Å². The molecule has 1 saturated carbocycles. The van der Waals surface area contributed by atoms with Crippen LogP contribution < -0.4 is 0 Å². The topological polar surface area (TPSA) is 42.4 Å². The molecule has 0 unspecified atom stereocenters. The van der Waals surface area contributed by atoms with Crippen LogP contribution in [0.15, 0.2) is 24.4 Å². The molecule has 4 nitrogen and oxygen atoms in total. The molecule has 1 aromatic rings. The van der Waals surface area contributed by atoms with Crippen molar-refractivity contribution in [2.24, 2.45) is 0 Å². The maximum absolute atomic E-state index is 13.8. The third kappa shape index (κ3) is 2.63. The molecular weight excluding hydrogens is 303 g/mol. The minimum atomic E-state index is -1.53. The van der Waals surface area contributed by atoms with Gasteiger partial charge in [-0.25, -0.2) is 4.39 Å². The summed E-state index contributed by atoms with van der Waals surface area (Å²) in [6, 6.07) is 5.80. The lowest BCUT2D eigenvalue weighted by molar-refractivity contribution is -0.144.